The predicted octanol–water partition coefficient (Wildman–Crippen LogP) is 1.47. The number of anilines is 1. The number of hydrogen-bond donors (Lipinski definition) is 1. The van der Waals surface area contributed by atoms with Crippen LogP contribution in [0, 0.1) is 0 Å². The molecule has 1 aliphatic heterocycles. The summed E-state index contributed by atoms with van der Waals surface area (Å²) in [4.78, 5) is 40.5. The molecule has 3 rings (SSSR count). The first-order chi connectivity index (χ1) is 13.6. The van der Waals surface area contributed by atoms with E-state index in [9.17, 15) is 22.8 Å². The van der Waals surface area contributed by atoms with Gasteiger partial charge in [-0.05, 0) is 37.1 Å². The molecule has 1 N–H and O–H groups in total. The molecule has 2 aliphatic rings. The SMILES string of the molecule is CN1C(=O)N(CC(=O)Nc2ccc(S(=O)(=O)N(C)C)cc2)C(=O)C12CCCCC2. The molecule has 29 heavy (non-hydrogen) atoms. The third-order valence-corrected chi connectivity index (χ3v) is 7.53. The highest BCUT2D eigenvalue weighted by molar-refractivity contribution is 7.89. The van der Waals surface area contributed by atoms with Gasteiger partial charge < -0.3 is 10.2 Å². The van der Waals surface area contributed by atoms with Gasteiger partial charge in [0, 0.05) is 26.8 Å². The quantitative estimate of drug-likeness (QED) is 0.723. The lowest BCUT2D eigenvalue weighted by Gasteiger charge is -2.35. The molecule has 10 heteroatoms. The van der Waals surface area contributed by atoms with Crippen LogP contribution in [0.1, 0.15) is 32.1 Å². The maximum Gasteiger partial charge on any atom is 0.327 e. The summed E-state index contributed by atoms with van der Waals surface area (Å²) in [5.41, 5.74) is -0.440. The Hall–Kier alpha value is -2.46. The Labute approximate surface area is 170 Å². The van der Waals surface area contributed by atoms with E-state index in [4.69, 9.17) is 0 Å². The van der Waals surface area contributed by atoms with Gasteiger partial charge in [0.05, 0.1) is 4.90 Å². The molecule has 0 unspecified atom stereocenters. The average Bonchev–Trinajstić information content (AvgIpc) is 2.85. The zero-order valence-corrected chi connectivity index (χ0v) is 17.7. The Morgan fingerprint density at radius 3 is 2.24 bits per heavy atom. The first-order valence-corrected chi connectivity index (χ1v) is 11.0. The maximum absolute atomic E-state index is 12.9. The summed E-state index contributed by atoms with van der Waals surface area (Å²) in [7, 11) is 0.930. The number of likely N-dealkylation sites (N-methyl/N-ethyl adjacent to an activating group) is 1. The number of imide groups is 1. The number of urea groups is 1. The molecule has 0 aromatic heterocycles. The monoisotopic (exact) mass is 422 g/mol. The maximum atomic E-state index is 12.9. The fourth-order valence-electron chi connectivity index (χ4n) is 3.94. The zero-order chi connectivity index (χ0) is 21.4. The molecule has 9 nitrogen and oxygen atoms in total. The lowest BCUT2D eigenvalue weighted by molar-refractivity contribution is -0.136. The van der Waals surface area contributed by atoms with Gasteiger partial charge in [-0.25, -0.2) is 17.5 Å². The molecule has 1 spiro atoms. The molecule has 2 fully saturated rings. The third-order valence-electron chi connectivity index (χ3n) is 5.70. The second-order valence-electron chi connectivity index (χ2n) is 7.69. The number of nitrogens with one attached hydrogen (secondary N) is 1. The summed E-state index contributed by atoms with van der Waals surface area (Å²) in [6.45, 7) is -0.374. The van der Waals surface area contributed by atoms with E-state index < -0.39 is 27.5 Å². The van der Waals surface area contributed by atoms with Crippen molar-refractivity contribution in [2.24, 2.45) is 0 Å². The van der Waals surface area contributed by atoms with E-state index in [1.54, 1.807) is 7.05 Å². The molecule has 1 heterocycles. The van der Waals surface area contributed by atoms with Crippen LogP contribution >= 0.6 is 0 Å². The number of hydrogen-bond acceptors (Lipinski definition) is 5. The zero-order valence-electron chi connectivity index (χ0n) is 16.8. The second-order valence-corrected chi connectivity index (χ2v) is 9.84. The molecule has 1 saturated carbocycles. The lowest BCUT2D eigenvalue weighted by atomic mass is 9.81. The number of nitrogens with zero attached hydrogens (tertiary/aromatic N) is 3. The fraction of sp³-hybridized carbons (Fsp3) is 0.526. The van der Waals surface area contributed by atoms with Gasteiger partial charge in [0.15, 0.2) is 0 Å². The Bertz CT molecular complexity index is 920. The Kier molecular flexibility index (Phi) is 5.68. The van der Waals surface area contributed by atoms with Gasteiger partial charge in [0.25, 0.3) is 5.91 Å². The highest BCUT2D eigenvalue weighted by Crippen LogP contribution is 2.39. The molecule has 1 aromatic carbocycles. The van der Waals surface area contributed by atoms with E-state index in [0.717, 1.165) is 28.5 Å². The van der Waals surface area contributed by atoms with Crippen LogP contribution in [-0.2, 0) is 19.6 Å². The molecule has 1 saturated heterocycles. The molecule has 0 bridgehead atoms. The van der Waals surface area contributed by atoms with Crippen LogP contribution in [0.2, 0.25) is 0 Å². The summed E-state index contributed by atoms with van der Waals surface area (Å²) in [6.07, 6.45) is 4.04. The van der Waals surface area contributed by atoms with Gasteiger partial charge in [-0.1, -0.05) is 19.3 Å². The van der Waals surface area contributed by atoms with E-state index in [0.29, 0.717) is 18.5 Å². The normalized spacial score (nSPS) is 19.3. The third kappa shape index (κ3) is 3.74. The second kappa shape index (κ2) is 7.75. The minimum Gasteiger partial charge on any atom is -0.325 e. The number of rotatable bonds is 5. The number of carbonyl (C=O) groups excluding carboxylic acids is 3. The minimum atomic E-state index is -3.56. The standard InChI is InChI=1S/C19H26N4O5S/c1-21(2)29(27,28)15-9-7-14(8-10-15)20-16(24)13-23-17(25)19(22(3)18(23)26)11-5-4-6-12-19/h7-10H,4-6,11-13H2,1-3H3,(H,20,24). The minimum absolute atomic E-state index is 0.103. The summed E-state index contributed by atoms with van der Waals surface area (Å²) < 4.78 is 25.3. The van der Waals surface area contributed by atoms with Crippen LogP contribution in [0.3, 0.4) is 0 Å². The van der Waals surface area contributed by atoms with Crippen LogP contribution in [0.25, 0.3) is 0 Å². The lowest BCUT2D eigenvalue weighted by Crippen LogP contribution is -2.49. The Balaban J connectivity index is 1.68. The summed E-state index contributed by atoms with van der Waals surface area (Å²) >= 11 is 0. The van der Waals surface area contributed by atoms with Crippen LogP contribution in [0.4, 0.5) is 10.5 Å². The summed E-state index contributed by atoms with van der Waals surface area (Å²) in [5.74, 6) is -0.830. The van der Waals surface area contributed by atoms with E-state index in [1.807, 2.05) is 0 Å². The molecule has 4 amide bonds. The van der Waals surface area contributed by atoms with Gasteiger partial charge in [-0.2, -0.15) is 0 Å². The Morgan fingerprint density at radius 1 is 1.10 bits per heavy atom. The highest BCUT2D eigenvalue weighted by Gasteiger charge is 2.55. The van der Waals surface area contributed by atoms with Crippen LogP contribution in [0.5, 0.6) is 0 Å². The number of amides is 4. The molecule has 0 radical (unpaired) electrons. The molecular formula is C19H26N4O5S. The van der Waals surface area contributed by atoms with E-state index in [1.165, 1.54) is 43.3 Å². The van der Waals surface area contributed by atoms with E-state index in [-0.39, 0.29) is 17.3 Å². The van der Waals surface area contributed by atoms with Crippen molar-refractivity contribution in [2.75, 3.05) is 33.0 Å². The molecule has 0 atom stereocenters. The first-order valence-electron chi connectivity index (χ1n) is 9.52. The number of carbonyl (C=O) groups is 3. The van der Waals surface area contributed by atoms with Crippen LogP contribution in [-0.4, -0.2) is 73.6 Å². The fourth-order valence-corrected chi connectivity index (χ4v) is 4.84. The molecular weight excluding hydrogens is 396 g/mol. The van der Waals surface area contributed by atoms with Gasteiger partial charge >= 0.3 is 6.03 Å². The van der Waals surface area contributed by atoms with Crippen molar-refractivity contribution in [3.8, 4) is 0 Å². The first kappa shape index (κ1) is 21.3. The van der Waals surface area contributed by atoms with Crippen LogP contribution in [0.15, 0.2) is 29.2 Å². The Morgan fingerprint density at radius 2 is 1.69 bits per heavy atom. The number of sulfonamides is 1. The van der Waals surface area contributed by atoms with E-state index >= 15 is 0 Å². The average molecular weight is 423 g/mol. The van der Waals surface area contributed by atoms with Crippen molar-refractivity contribution in [3.63, 3.8) is 0 Å². The van der Waals surface area contributed by atoms with Crippen molar-refractivity contribution in [2.45, 2.75) is 42.5 Å². The predicted molar refractivity (Wildman–Crippen MR) is 107 cm³/mol. The molecule has 1 aromatic rings. The van der Waals surface area contributed by atoms with Gasteiger partial charge in [-0.3, -0.25) is 14.5 Å². The summed E-state index contributed by atoms with van der Waals surface area (Å²) in [5, 5.41) is 2.61. The van der Waals surface area contributed by atoms with Crippen molar-refractivity contribution in [1.82, 2.24) is 14.1 Å². The molecule has 1 aliphatic carbocycles. The van der Waals surface area contributed by atoms with Gasteiger partial charge in [-0.15, -0.1) is 0 Å². The van der Waals surface area contributed by atoms with Crippen molar-refractivity contribution in [3.05, 3.63) is 24.3 Å². The molecule has 158 valence electrons. The van der Waals surface area contributed by atoms with Gasteiger partial charge in [0.2, 0.25) is 15.9 Å². The van der Waals surface area contributed by atoms with Crippen molar-refractivity contribution in [1.29, 1.82) is 0 Å². The van der Waals surface area contributed by atoms with Crippen LogP contribution < -0.4 is 5.32 Å². The van der Waals surface area contributed by atoms with Crippen molar-refractivity contribution >= 4 is 33.6 Å². The highest BCUT2D eigenvalue weighted by atomic mass is 32.2. The summed E-state index contributed by atoms with van der Waals surface area (Å²) in [6, 6.07) is 5.26. The van der Waals surface area contributed by atoms with Gasteiger partial charge in [0.1, 0.15) is 12.1 Å². The largest absolute Gasteiger partial charge is 0.327 e. The smallest absolute Gasteiger partial charge is 0.325 e. The van der Waals surface area contributed by atoms with E-state index in [2.05, 4.69) is 5.32 Å². The number of benzene rings is 1. The van der Waals surface area contributed by atoms with Crippen molar-refractivity contribution < 1.29 is 22.8 Å². The topological polar surface area (TPSA) is 107 Å².